The first-order chi connectivity index (χ1) is 15.9. The van der Waals surface area contributed by atoms with Crippen LogP contribution in [0, 0.1) is 0 Å². The van der Waals surface area contributed by atoms with E-state index in [4.69, 9.17) is 23.1 Å². The van der Waals surface area contributed by atoms with Gasteiger partial charge in [0.1, 0.15) is 0 Å². The third-order valence-electron chi connectivity index (χ3n) is 4.94. The van der Waals surface area contributed by atoms with Gasteiger partial charge in [0.05, 0.1) is 11.9 Å². The van der Waals surface area contributed by atoms with Gasteiger partial charge >= 0.3 is 6.03 Å². The number of carbonyl (C=O) groups excluding carboxylic acids is 2. The summed E-state index contributed by atoms with van der Waals surface area (Å²) in [4.78, 5) is 28.1. The number of nitrogens with one attached hydrogen (secondary N) is 2. The minimum absolute atomic E-state index is 0.356. The molecule has 0 aliphatic carbocycles. The lowest BCUT2D eigenvalue weighted by Crippen LogP contribution is -2.19. The molecule has 3 aromatic carbocycles. The summed E-state index contributed by atoms with van der Waals surface area (Å²) in [5.41, 5.74) is 16.9. The molecule has 1 aromatic heterocycles. The number of urea groups is 1. The molecule has 7 nitrogen and oxygen atoms in total. The first-order valence-corrected chi connectivity index (χ1v) is 10.4. The normalized spacial score (nSPS) is 10.5. The third kappa shape index (κ3) is 5.28. The number of hydrogen-bond donors (Lipinski definition) is 4. The standard InChI is InChI=1S/C25H20ClN5O2/c26-19-5-8-22(23(27)13-19)17-10-16(11-18(12-17)24(28)32)15-3-6-20(7-4-15)30-25(33)31-21-2-1-9-29-14-21/h1-14H,27H2,(H2,28,32)(H2,30,31,33). The van der Waals surface area contributed by atoms with Gasteiger partial charge in [-0.05, 0) is 71.3 Å². The zero-order valence-electron chi connectivity index (χ0n) is 17.4. The fourth-order valence-electron chi connectivity index (χ4n) is 3.36. The lowest BCUT2D eigenvalue weighted by Gasteiger charge is -2.12. The monoisotopic (exact) mass is 457 g/mol. The van der Waals surface area contributed by atoms with Gasteiger partial charge < -0.3 is 22.1 Å². The van der Waals surface area contributed by atoms with Crippen LogP contribution >= 0.6 is 11.6 Å². The largest absolute Gasteiger partial charge is 0.398 e. The van der Waals surface area contributed by atoms with Crippen molar-refractivity contribution in [3.63, 3.8) is 0 Å². The van der Waals surface area contributed by atoms with Crippen molar-refractivity contribution in [1.29, 1.82) is 0 Å². The Morgan fingerprint density at radius 3 is 2.21 bits per heavy atom. The third-order valence-corrected chi connectivity index (χ3v) is 5.17. The van der Waals surface area contributed by atoms with E-state index in [0.717, 1.165) is 22.3 Å². The Kier molecular flexibility index (Phi) is 6.24. The maximum atomic E-state index is 12.2. The zero-order chi connectivity index (χ0) is 23.4. The molecule has 0 atom stereocenters. The molecule has 0 radical (unpaired) electrons. The first kappa shape index (κ1) is 21.9. The molecule has 33 heavy (non-hydrogen) atoms. The van der Waals surface area contributed by atoms with E-state index in [1.54, 1.807) is 67.0 Å². The van der Waals surface area contributed by atoms with Crippen LogP contribution in [0.5, 0.6) is 0 Å². The van der Waals surface area contributed by atoms with E-state index in [2.05, 4.69) is 15.6 Å². The summed E-state index contributed by atoms with van der Waals surface area (Å²) >= 11 is 6.02. The van der Waals surface area contributed by atoms with Crippen LogP contribution in [0.1, 0.15) is 10.4 Å². The number of amides is 3. The van der Waals surface area contributed by atoms with Gasteiger partial charge in [0.2, 0.25) is 5.91 Å². The van der Waals surface area contributed by atoms with Crippen molar-refractivity contribution in [2.24, 2.45) is 5.73 Å². The summed E-state index contributed by atoms with van der Waals surface area (Å²) < 4.78 is 0. The summed E-state index contributed by atoms with van der Waals surface area (Å²) in [6.45, 7) is 0. The van der Waals surface area contributed by atoms with Gasteiger partial charge in [-0.3, -0.25) is 9.78 Å². The smallest absolute Gasteiger partial charge is 0.323 e. The number of aromatic nitrogens is 1. The number of nitrogens with zero attached hydrogens (tertiary/aromatic N) is 1. The second-order valence-electron chi connectivity index (χ2n) is 7.29. The number of nitrogens with two attached hydrogens (primary N) is 2. The first-order valence-electron chi connectivity index (χ1n) is 9.98. The molecule has 164 valence electrons. The molecule has 0 spiro atoms. The Hall–Kier alpha value is -4.36. The molecule has 0 aliphatic rings. The van der Waals surface area contributed by atoms with Gasteiger partial charge in [-0.2, -0.15) is 0 Å². The van der Waals surface area contributed by atoms with E-state index in [1.807, 2.05) is 18.2 Å². The van der Waals surface area contributed by atoms with Crippen molar-refractivity contribution < 1.29 is 9.59 Å². The number of carbonyl (C=O) groups is 2. The number of anilines is 3. The summed E-state index contributed by atoms with van der Waals surface area (Å²) in [5.74, 6) is -0.545. The Labute approximate surface area is 195 Å². The lowest BCUT2D eigenvalue weighted by molar-refractivity contribution is 0.100. The molecule has 0 bridgehead atoms. The van der Waals surface area contributed by atoms with Crippen LogP contribution in [-0.4, -0.2) is 16.9 Å². The maximum Gasteiger partial charge on any atom is 0.323 e. The van der Waals surface area contributed by atoms with Crippen LogP contribution < -0.4 is 22.1 Å². The predicted molar refractivity (Wildman–Crippen MR) is 132 cm³/mol. The SMILES string of the molecule is NC(=O)c1cc(-c2ccc(NC(=O)Nc3cccnc3)cc2)cc(-c2ccc(Cl)cc2N)c1. The molecule has 4 rings (SSSR count). The molecule has 0 saturated carbocycles. The van der Waals surface area contributed by atoms with Gasteiger partial charge in [0, 0.05) is 33.7 Å². The fourth-order valence-corrected chi connectivity index (χ4v) is 3.55. The van der Waals surface area contributed by atoms with Gasteiger partial charge in [0.15, 0.2) is 0 Å². The van der Waals surface area contributed by atoms with Gasteiger partial charge in [-0.1, -0.05) is 29.8 Å². The number of halogens is 1. The number of rotatable bonds is 5. The average molecular weight is 458 g/mol. The van der Waals surface area contributed by atoms with E-state index in [1.165, 1.54) is 0 Å². The average Bonchev–Trinajstić information content (AvgIpc) is 2.80. The molecule has 1 heterocycles. The van der Waals surface area contributed by atoms with Crippen LogP contribution in [0.3, 0.4) is 0 Å². The molecule has 0 unspecified atom stereocenters. The molecule has 0 aliphatic heterocycles. The number of benzene rings is 3. The number of primary amides is 1. The van der Waals surface area contributed by atoms with E-state index >= 15 is 0 Å². The second-order valence-corrected chi connectivity index (χ2v) is 7.73. The van der Waals surface area contributed by atoms with Crippen LogP contribution in [0.4, 0.5) is 21.9 Å². The molecule has 6 N–H and O–H groups in total. The van der Waals surface area contributed by atoms with Crippen molar-refractivity contribution in [2.75, 3.05) is 16.4 Å². The highest BCUT2D eigenvalue weighted by Gasteiger charge is 2.11. The molecule has 0 saturated heterocycles. The second kappa shape index (κ2) is 9.42. The van der Waals surface area contributed by atoms with Crippen molar-refractivity contribution in [3.05, 3.63) is 95.8 Å². The summed E-state index contributed by atoms with van der Waals surface area (Å²) in [5, 5.41) is 6.00. The Morgan fingerprint density at radius 2 is 1.55 bits per heavy atom. The minimum atomic E-state index is -0.545. The highest BCUT2D eigenvalue weighted by molar-refractivity contribution is 6.31. The molecule has 3 amide bonds. The van der Waals surface area contributed by atoms with Crippen molar-refractivity contribution in [2.45, 2.75) is 0 Å². The highest BCUT2D eigenvalue weighted by atomic mass is 35.5. The Morgan fingerprint density at radius 1 is 0.818 bits per heavy atom. The van der Waals surface area contributed by atoms with E-state index in [0.29, 0.717) is 27.6 Å². The van der Waals surface area contributed by atoms with Crippen molar-refractivity contribution in [1.82, 2.24) is 4.98 Å². The van der Waals surface area contributed by atoms with E-state index < -0.39 is 5.91 Å². The fraction of sp³-hybridized carbons (Fsp3) is 0. The van der Waals surface area contributed by atoms with E-state index in [9.17, 15) is 9.59 Å². The number of nitrogen functional groups attached to an aromatic ring is 1. The minimum Gasteiger partial charge on any atom is -0.398 e. The lowest BCUT2D eigenvalue weighted by atomic mass is 9.95. The van der Waals surface area contributed by atoms with Crippen LogP contribution in [0.25, 0.3) is 22.3 Å². The number of pyridine rings is 1. The van der Waals surface area contributed by atoms with Gasteiger partial charge in [-0.15, -0.1) is 0 Å². The summed E-state index contributed by atoms with van der Waals surface area (Å²) in [7, 11) is 0. The quantitative estimate of drug-likeness (QED) is 0.300. The number of hydrogen-bond acceptors (Lipinski definition) is 4. The molecule has 0 fully saturated rings. The predicted octanol–water partition coefficient (Wildman–Crippen LogP) is 5.39. The van der Waals surface area contributed by atoms with Crippen LogP contribution in [-0.2, 0) is 0 Å². The van der Waals surface area contributed by atoms with Crippen molar-refractivity contribution in [3.8, 4) is 22.3 Å². The zero-order valence-corrected chi connectivity index (χ0v) is 18.1. The topological polar surface area (TPSA) is 123 Å². The van der Waals surface area contributed by atoms with Gasteiger partial charge in [-0.25, -0.2) is 4.79 Å². The van der Waals surface area contributed by atoms with E-state index in [-0.39, 0.29) is 6.03 Å². The van der Waals surface area contributed by atoms with Crippen LogP contribution in [0.15, 0.2) is 85.2 Å². The Bertz CT molecular complexity index is 1320. The molecular formula is C25H20ClN5O2. The summed E-state index contributed by atoms with van der Waals surface area (Å²) in [6.07, 6.45) is 3.18. The summed E-state index contributed by atoms with van der Waals surface area (Å²) in [6, 6.07) is 20.8. The van der Waals surface area contributed by atoms with Crippen molar-refractivity contribution >= 4 is 40.6 Å². The highest BCUT2D eigenvalue weighted by Crippen LogP contribution is 2.33. The Balaban J connectivity index is 1.60. The van der Waals surface area contributed by atoms with Crippen LogP contribution in [0.2, 0.25) is 5.02 Å². The maximum absolute atomic E-state index is 12.2. The molecule has 4 aromatic rings. The molecular weight excluding hydrogens is 438 g/mol. The molecule has 8 heteroatoms. The van der Waals surface area contributed by atoms with Gasteiger partial charge in [0.25, 0.3) is 0 Å².